The summed E-state index contributed by atoms with van der Waals surface area (Å²) < 4.78 is 40.0. The summed E-state index contributed by atoms with van der Waals surface area (Å²) in [5, 5.41) is 5.56. The van der Waals surface area contributed by atoms with Crippen LogP contribution >= 0.6 is 0 Å². The van der Waals surface area contributed by atoms with Crippen molar-refractivity contribution in [3.63, 3.8) is 0 Å². The van der Waals surface area contributed by atoms with Crippen LogP contribution in [0.1, 0.15) is 32.4 Å². The lowest BCUT2D eigenvalue weighted by molar-refractivity contribution is -0.115. The Kier molecular flexibility index (Phi) is 7.68. The van der Waals surface area contributed by atoms with E-state index in [2.05, 4.69) is 10.6 Å². The maximum Gasteiger partial charge on any atom is 0.243 e. The van der Waals surface area contributed by atoms with Crippen LogP contribution in [-0.2, 0) is 14.8 Å². The highest BCUT2D eigenvalue weighted by molar-refractivity contribution is 7.89. The minimum Gasteiger partial charge on any atom is -0.322 e. The van der Waals surface area contributed by atoms with E-state index in [1.54, 1.807) is 50.2 Å². The third kappa shape index (κ3) is 5.37. The molecule has 0 saturated heterocycles. The maximum atomic E-state index is 13.6. The molecule has 1 unspecified atom stereocenters. The van der Waals surface area contributed by atoms with E-state index in [9.17, 15) is 17.6 Å². The third-order valence-corrected chi connectivity index (χ3v) is 6.50. The fourth-order valence-electron chi connectivity index (χ4n) is 2.76. The highest BCUT2D eigenvalue weighted by Crippen LogP contribution is 2.19. The molecular weight excluding hydrogens is 381 g/mol. The van der Waals surface area contributed by atoms with Crippen molar-refractivity contribution < 1.29 is 17.6 Å². The number of carbonyl (C=O) groups is 1. The van der Waals surface area contributed by atoms with Crippen molar-refractivity contribution >= 4 is 21.6 Å². The number of amides is 1. The van der Waals surface area contributed by atoms with Crippen molar-refractivity contribution in [2.24, 2.45) is 0 Å². The van der Waals surface area contributed by atoms with E-state index < -0.39 is 15.8 Å². The molecule has 0 bridgehead atoms. The largest absolute Gasteiger partial charge is 0.322 e. The number of hydrogen-bond acceptors (Lipinski definition) is 4. The van der Waals surface area contributed by atoms with Crippen LogP contribution in [0.4, 0.5) is 10.1 Å². The molecule has 0 aliphatic heterocycles. The Hall–Kier alpha value is -2.29. The molecule has 0 aliphatic carbocycles. The van der Waals surface area contributed by atoms with Crippen LogP contribution in [0.3, 0.4) is 0 Å². The van der Waals surface area contributed by atoms with Crippen molar-refractivity contribution in [2.75, 3.05) is 25.0 Å². The summed E-state index contributed by atoms with van der Waals surface area (Å²) in [7, 11) is -3.49. The fourth-order valence-corrected chi connectivity index (χ4v) is 4.22. The molecule has 1 amide bonds. The second-order valence-electron chi connectivity index (χ2n) is 6.29. The first-order valence-corrected chi connectivity index (χ1v) is 10.6. The minimum absolute atomic E-state index is 0.00496. The number of carbonyl (C=O) groups excluding carboxylic acids is 1. The SMILES string of the molecule is CCN(CC)S(=O)(=O)c1ccc(C(C)NCC(=O)Nc2ccccc2F)cc1. The van der Waals surface area contributed by atoms with E-state index in [4.69, 9.17) is 0 Å². The number of nitrogens with zero attached hydrogens (tertiary/aromatic N) is 1. The van der Waals surface area contributed by atoms with Crippen LogP contribution < -0.4 is 10.6 Å². The molecule has 0 aromatic heterocycles. The molecule has 0 radical (unpaired) electrons. The van der Waals surface area contributed by atoms with Crippen LogP contribution in [0.25, 0.3) is 0 Å². The van der Waals surface area contributed by atoms with Gasteiger partial charge in [0.15, 0.2) is 0 Å². The molecule has 2 N–H and O–H groups in total. The molecular formula is C20H26FN3O3S. The first-order valence-electron chi connectivity index (χ1n) is 9.17. The summed E-state index contributed by atoms with van der Waals surface area (Å²) in [5.41, 5.74) is 0.977. The lowest BCUT2D eigenvalue weighted by Crippen LogP contribution is -2.31. The second kappa shape index (κ2) is 9.77. The lowest BCUT2D eigenvalue weighted by Gasteiger charge is -2.19. The van der Waals surface area contributed by atoms with Crippen LogP contribution in [0.5, 0.6) is 0 Å². The molecule has 6 nitrogen and oxygen atoms in total. The number of rotatable bonds is 9. The molecule has 0 fully saturated rings. The number of hydrogen-bond donors (Lipinski definition) is 2. The molecule has 0 heterocycles. The zero-order valence-corrected chi connectivity index (χ0v) is 17.1. The second-order valence-corrected chi connectivity index (χ2v) is 8.23. The fraction of sp³-hybridized carbons (Fsp3) is 0.350. The van der Waals surface area contributed by atoms with Crippen molar-refractivity contribution in [1.29, 1.82) is 0 Å². The van der Waals surface area contributed by atoms with Gasteiger partial charge < -0.3 is 10.6 Å². The zero-order chi connectivity index (χ0) is 20.7. The Balaban J connectivity index is 1.97. The van der Waals surface area contributed by atoms with Gasteiger partial charge in [-0.2, -0.15) is 4.31 Å². The van der Waals surface area contributed by atoms with Crippen molar-refractivity contribution in [3.8, 4) is 0 Å². The van der Waals surface area contributed by atoms with Crippen LogP contribution in [0.15, 0.2) is 53.4 Å². The normalized spacial score (nSPS) is 12.8. The minimum atomic E-state index is -3.49. The van der Waals surface area contributed by atoms with Crippen molar-refractivity contribution in [2.45, 2.75) is 31.7 Å². The Morgan fingerprint density at radius 3 is 2.25 bits per heavy atom. The predicted octanol–water partition coefficient (Wildman–Crippen LogP) is 3.15. The standard InChI is InChI=1S/C20H26FN3O3S/c1-4-24(5-2)28(26,27)17-12-10-16(11-13-17)15(3)22-14-20(25)23-19-9-7-6-8-18(19)21/h6-13,15,22H,4-5,14H2,1-3H3,(H,23,25). The third-order valence-electron chi connectivity index (χ3n) is 4.44. The van der Waals surface area contributed by atoms with Gasteiger partial charge in [-0.25, -0.2) is 12.8 Å². The smallest absolute Gasteiger partial charge is 0.243 e. The van der Waals surface area contributed by atoms with Gasteiger partial charge in [0.1, 0.15) is 5.82 Å². The summed E-state index contributed by atoms with van der Waals surface area (Å²) in [6, 6.07) is 12.4. The lowest BCUT2D eigenvalue weighted by atomic mass is 10.1. The number of anilines is 1. The summed E-state index contributed by atoms with van der Waals surface area (Å²) in [6.45, 7) is 6.28. The molecule has 0 spiro atoms. The van der Waals surface area contributed by atoms with E-state index in [0.717, 1.165) is 5.56 Å². The van der Waals surface area contributed by atoms with Crippen molar-refractivity contribution in [1.82, 2.24) is 9.62 Å². The molecule has 2 rings (SSSR count). The molecule has 2 aromatic rings. The highest BCUT2D eigenvalue weighted by Gasteiger charge is 2.21. The van der Waals surface area contributed by atoms with E-state index >= 15 is 0 Å². The number of halogens is 1. The van der Waals surface area contributed by atoms with Crippen LogP contribution in [0.2, 0.25) is 0 Å². The molecule has 0 saturated carbocycles. The van der Waals surface area contributed by atoms with Gasteiger partial charge in [0.05, 0.1) is 17.1 Å². The average molecular weight is 408 g/mol. The Labute approximate surface area is 165 Å². The zero-order valence-electron chi connectivity index (χ0n) is 16.3. The Morgan fingerprint density at radius 2 is 1.68 bits per heavy atom. The first-order chi connectivity index (χ1) is 13.3. The van der Waals surface area contributed by atoms with Gasteiger partial charge in [0, 0.05) is 19.1 Å². The summed E-state index contributed by atoms with van der Waals surface area (Å²) >= 11 is 0. The number of nitrogens with one attached hydrogen (secondary N) is 2. The molecule has 152 valence electrons. The van der Waals surface area contributed by atoms with Gasteiger partial charge in [0.2, 0.25) is 15.9 Å². The number of benzene rings is 2. The Bertz CT molecular complexity index is 897. The van der Waals surface area contributed by atoms with E-state index in [1.165, 1.54) is 16.4 Å². The van der Waals surface area contributed by atoms with Gasteiger partial charge in [-0.3, -0.25) is 4.79 Å². The average Bonchev–Trinajstić information content (AvgIpc) is 2.68. The van der Waals surface area contributed by atoms with Crippen LogP contribution in [-0.4, -0.2) is 38.3 Å². The number of para-hydroxylation sites is 1. The summed E-state index contributed by atoms with van der Waals surface area (Å²) in [5.74, 6) is -0.855. The molecule has 28 heavy (non-hydrogen) atoms. The molecule has 2 aromatic carbocycles. The van der Waals surface area contributed by atoms with Gasteiger partial charge >= 0.3 is 0 Å². The maximum absolute atomic E-state index is 13.6. The topological polar surface area (TPSA) is 78.5 Å². The monoisotopic (exact) mass is 407 g/mol. The Morgan fingerprint density at radius 1 is 1.07 bits per heavy atom. The molecule has 0 aliphatic rings. The quantitative estimate of drug-likeness (QED) is 0.669. The summed E-state index contributed by atoms with van der Waals surface area (Å²) in [4.78, 5) is 12.2. The van der Waals surface area contributed by atoms with E-state index in [0.29, 0.717) is 13.1 Å². The van der Waals surface area contributed by atoms with Gasteiger partial charge in [-0.05, 0) is 36.8 Å². The van der Waals surface area contributed by atoms with Gasteiger partial charge in [-0.1, -0.05) is 38.1 Å². The number of sulfonamides is 1. The first kappa shape index (κ1) is 22.0. The van der Waals surface area contributed by atoms with E-state index in [-0.39, 0.29) is 29.1 Å². The highest BCUT2D eigenvalue weighted by atomic mass is 32.2. The van der Waals surface area contributed by atoms with Gasteiger partial charge in [-0.15, -0.1) is 0 Å². The van der Waals surface area contributed by atoms with Gasteiger partial charge in [0.25, 0.3) is 0 Å². The molecule has 8 heteroatoms. The predicted molar refractivity (Wildman–Crippen MR) is 108 cm³/mol. The molecule has 1 atom stereocenters. The van der Waals surface area contributed by atoms with Crippen molar-refractivity contribution in [3.05, 3.63) is 59.9 Å². The summed E-state index contributed by atoms with van der Waals surface area (Å²) in [6.07, 6.45) is 0. The van der Waals surface area contributed by atoms with Crippen LogP contribution in [0, 0.1) is 5.82 Å². The van der Waals surface area contributed by atoms with E-state index in [1.807, 2.05) is 6.92 Å².